The highest BCUT2D eigenvalue weighted by Gasteiger charge is 2.42. The number of hydrogen-bond donors (Lipinski definition) is 2. The maximum Gasteiger partial charge on any atom is 0.255 e. The number of carbonyl (C=O) groups excluding carboxylic acids is 4. The lowest BCUT2D eigenvalue weighted by Crippen LogP contribution is -2.52. The van der Waals surface area contributed by atoms with Crippen molar-refractivity contribution in [3.05, 3.63) is 34.4 Å². The van der Waals surface area contributed by atoms with Crippen LogP contribution in [-0.4, -0.2) is 66.2 Å². The van der Waals surface area contributed by atoms with Gasteiger partial charge in [0.05, 0.1) is 18.7 Å². The zero-order valence-electron chi connectivity index (χ0n) is 17.2. The number of rotatable bonds is 4. The van der Waals surface area contributed by atoms with Crippen LogP contribution in [0.1, 0.15) is 53.1 Å². The number of fused-ring (bicyclic) bond motifs is 1. The molecule has 0 radical (unpaired) electrons. The molecule has 1 aromatic rings. The summed E-state index contributed by atoms with van der Waals surface area (Å²) >= 11 is 0. The number of likely N-dealkylation sites (tertiary alicyclic amines) is 1. The highest BCUT2D eigenvalue weighted by molar-refractivity contribution is 6.05. The van der Waals surface area contributed by atoms with Crippen molar-refractivity contribution in [1.82, 2.24) is 20.4 Å². The Balaban J connectivity index is 1.53. The lowest BCUT2D eigenvalue weighted by atomic mass is 9.86. The number of likely N-dealkylation sites (N-methyl/N-ethyl adjacent to an activating group) is 1. The summed E-state index contributed by atoms with van der Waals surface area (Å²) in [6, 6.07) is 0.190. The van der Waals surface area contributed by atoms with Gasteiger partial charge in [-0.25, -0.2) is 8.78 Å². The Bertz CT molecular complexity index is 959. The van der Waals surface area contributed by atoms with Gasteiger partial charge in [-0.2, -0.15) is 0 Å². The third-order valence-corrected chi connectivity index (χ3v) is 6.40. The van der Waals surface area contributed by atoms with Crippen LogP contribution in [0.3, 0.4) is 0 Å². The zero-order chi connectivity index (χ0) is 22.3. The molecule has 3 aliphatic rings. The Morgan fingerprint density at radius 2 is 1.90 bits per heavy atom. The van der Waals surface area contributed by atoms with E-state index in [0.717, 1.165) is 6.07 Å². The summed E-state index contributed by atoms with van der Waals surface area (Å²) in [6.07, 6.45) is 1.24. The topological polar surface area (TPSA) is 98.8 Å². The summed E-state index contributed by atoms with van der Waals surface area (Å²) in [6.45, 7) is 1.19. The minimum atomic E-state index is -0.878. The van der Waals surface area contributed by atoms with Gasteiger partial charge in [0.1, 0.15) is 17.7 Å². The number of piperidine rings is 2. The zero-order valence-corrected chi connectivity index (χ0v) is 17.2. The minimum absolute atomic E-state index is 0.0312. The standard InChI is InChI=1S/C21H24F2N4O4/c1-24-17(29)10-26-6-4-11(5-7-26)18-14(22)8-12-13(19(18)23)9-27(21(12)31)15-2-3-16(28)25-20(15)30/h8,11,15H,2-7,9-10H2,1H3,(H,24,29)(H,25,28,30). The first-order valence-corrected chi connectivity index (χ1v) is 10.4. The van der Waals surface area contributed by atoms with Gasteiger partial charge in [0, 0.05) is 24.6 Å². The largest absolute Gasteiger partial charge is 0.358 e. The van der Waals surface area contributed by atoms with E-state index in [-0.39, 0.29) is 54.4 Å². The molecule has 0 saturated carbocycles. The predicted molar refractivity (Wildman–Crippen MR) is 105 cm³/mol. The number of benzene rings is 1. The molecular weight excluding hydrogens is 410 g/mol. The summed E-state index contributed by atoms with van der Waals surface area (Å²) in [5.74, 6) is -3.57. The molecule has 0 bridgehead atoms. The fraction of sp³-hybridized carbons (Fsp3) is 0.524. The van der Waals surface area contributed by atoms with E-state index in [1.165, 1.54) is 4.90 Å². The highest BCUT2D eigenvalue weighted by atomic mass is 19.1. The van der Waals surface area contributed by atoms with Crippen LogP contribution in [0.25, 0.3) is 0 Å². The molecule has 4 amide bonds. The Morgan fingerprint density at radius 3 is 2.55 bits per heavy atom. The minimum Gasteiger partial charge on any atom is -0.358 e. The van der Waals surface area contributed by atoms with E-state index in [1.807, 2.05) is 4.90 Å². The molecule has 4 rings (SSSR count). The summed E-state index contributed by atoms with van der Waals surface area (Å²) in [5.41, 5.74) is -0.00402. The maximum absolute atomic E-state index is 15.4. The molecule has 0 aliphatic carbocycles. The molecule has 31 heavy (non-hydrogen) atoms. The van der Waals surface area contributed by atoms with Crippen molar-refractivity contribution < 1.29 is 28.0 Å². The molecule has 2 N–H and O–H groups in total. The predicted octanol–water partition coefficient (Wildman–Crippen LogP) is 0.651. The first-order valence-electron chi connectivity index (χ1n) is 10.4. The third-order valence-electron chi connectivity index (χ3n) is 6.40. The molecule has 1 atom stereocenters. The lowest BCUT2D eigenvalue weighted by molar-refractivity contribution is -0.137. The van der Waals surface area contributed by atoms with Crippen molar-refractivity contribution in [2.24, 2.45) is 0 Å². The molecule has 3 heterocycles. The first kappa shape index (κ1) is 21.4. The van der Waals surface area contributed by atoms with Gasteiger partial charge in [-0.15, -0.1) is 0 Å². The van der Waals surface area contributed by atoms with Gasteiger partial charge in [0.15, 0.2) is 0 Å². The summed E-state index contributed by atoms with van der Waals surface area (Å²) < 4.78 is 30.3. The molecule has 10 heteroatoms. The van der Waals surface area contributed by atoms with E-state index in [9.17, 15) is 23.6 Å². The van der Waals surface area contributed by atoms with Crippen molar-refractivity contribution in [3.63, 3.8) is 0 Å². The van der Waals surface area contributed by atoms with Gasteiger partial charge < -0.3 is 10.2 Å². The van der Waals surface area contributed by atoms with Crippen molar-refractivity contribution in [2.45, 2.75) is 44.2 Å². The Morgan fingerprint density at radius 1 is 1.19 bits per heavy atom. The van der Waals surface area contributed by atoms with Crippen molar-refractivity contribution in [1.29, 1.82) is 0 Å². The molecule has 3 aliphatic heterocycles. The normalized spacial score (nSPS) is 22.5. The van der Waals surface area contributed by atoms with E-state index in [0.29, 0.717) is 25.9 Å². The lowest BCUT2D eigenvalue weighted by Gasteiger charge is -2.32. The average molecular weight is 434 g/mol. The average Bonchev–Trinajstić information content (AvgIpc) is 3.06. The van der Waals surface area contributed by atoms with Crippen LogP contribution in [0.4, 0.5) is 8.78 Å². The van der Waals surface area contributed by atoms with E-state index in [4.69, 9.17) is 0 Å². The second kappa shape index (κ2) is 8.33. The number of halogens is 2. The van der Waals surface area contributed by atoms with Gasteiger partial charge in [-0.1, -0.05) is 0 Å². The van der Waals surface area contributed by atoms with Crippen LogP contribution in [0.2, 0.25) is 0 Å². The number of amides is 4. The second-order valence-corrected chi connectivity index (χ2v) is 8.24. The van der Waals surface area contributed by atoms with Gasteiger partial charge in [-0.05, 0) is 44.3 Å². The van der Waals surface area contributed by atoms with Crippen LogP contribution in [0, 0.1) is 11.6 Å². The molecule has 0 aromatic heterocycles. The number of carbonyl (C=O) groups is 4. The summed E-state index contributed by atoms with van der Waals surface area (Å²) in [4.78, 5) is 51.0. The first-order chi connectivity index (χ1) is 14.8. The summed E-state index contributed by atoms with van der Waals surface area (Å²) in [7, 11) is 1.56. The third kappa shape index (κ3) is 3.91. The Hall–Kier alpha value is -2.88. The number of nitrogens with one attached hydrogen (secondary N) is 2. The van der Waals surface area contributed by atoms with Crippen molar-refractivity contribution in [2.75, 3.05) is 26.7 Å². The van der Waals surface area contributed by atoms with Crippen LogP contribution in [0.15, 0.2) is 6.07 Å². The van der Waals surface area contributed by atoms with E-state index < -0.39 is 35.4 Å². The summed E-state index contributed by atoms with van der Waals surface area (Å²) in [5, 5.41) is 4.75. The SMILES string of the molecule is CNC(=O)CN1CCC(c2c(F)cc3c(c2F)CN(C2CCC(=O)NC2=O)C3=O)CC1. The van der Waals surface area contributed by atoms with E-state index >= 15 is 4.39 Å². The Kier molecular flexibility index (Phi) is 5.74. The van der Waals surface area contributed by atoms with Crippen LogP contribution in [-0.2, 0) is 20.9 Å². The van der Waals surface area contributed by atoms with Gasteiger partial charge in [0.2, 0.25) is 17.7 Å². The Labute approximate surface area is 177 Å². The fourth-order valence-electron chi connectivity index (χ4n) is 4.69. The molecule has 2 saturated heterocycles. The monoisotopic (exact) mass is 434 g/mol. The number of hydrogen-bond acceptors (Lipinski definition) is 5. The maximum atomic E-state index is 15.4. The van der Waals surface area contributed by atoms with Gasteiger partial charge in [-0.3, -0.25) is 29.4 Å². The molecular formula is C21H24F2N4O4. The van der Waals surface area contributed by atoms with Crippen molar-refractivity contribution in [3.8, 4) is 0 Å². The molecule has 0 spiro atoms. The quantitative estimate of drug-likeness (QED) is 0.679. The molecule has 1 aromatic carbocycles. The molecule has 8 nitrogen and oxygen atoms in total. The van der Waals surface area contributed by atoms with Crippen LogP contribution < -0.4 is 10.6 Å². The smallest absolute Gasteiger partial charge is 0.255 e. The van der Waals surface area contributed by atoms with Crippen LogP contribution >= 0.6 is 0 Å². The van der Waals surface area contributed by atoms with Crippen LogP contribution in [0.5, 0.6) is 0 Å². The van der Waals surface area contributed by atoms with Crippen molar-refractivity contribution >= 4 is 23.6 Å². The second-order valence-electron chi connectivity index (χ2n) is 8.24. The highest BCUT2D eigenvalue weighted by Crippen LogP contribution is 2.38. The van der Waals surface area contributed by atoms with E-state index in [1.54, 1.807) is 7.05 Å². The molecule has 1 unspecified atom stereocenters. The molecule has 166 valence electrons. The van der Waals surface area contributed by atoms with E-state index in [2.05, 4.69) is 10.6 Å². The molecule has 2 fully saturated rings. The van der Waals surface area contributed by atoms with Gasteiger partial charge in [0.25, 0.3) is 5.91 Å². The number of nitrogens with zero attached hydrogens (tertiary/aromatic N) is 2. The number of imide groups is 1. The fourth-order valence-corrected chi connectivity index (χ4v) is 4.69. The van der Waals surface area contributed by atoms with Gasteiger partial charge >= 0.3 is 0 Å².